The fraction of sp³-hybridized carbons (Fsp3) is 0.320. The number of amides is 1. The van der Waals surface area contributed by atoms with Crippen LogP contribution in [-0.4, -0.2) is 35.5 Å². The first-order valence-corrected chi connectivity index (χ1v) is 10.5. The second-order valence-corrected chi connectivity index (χ2v) is 8.01. The lowest BCUT2D eigenvalue weighted by atomic mass is 9.78. The maximum atomic E-state index is 12.7. The fourth-order valence-corrected chi connectivity index (χ4v) is 3.23. The predicted octanol–water partition coefficient (Wildman–Crippen LogP) is 4.67. The maximum Gasteiger partial charge on any atom is 0.412 e. The molecule has 2 aromatic rings. The number of hydrogen-bond donors (Lipinski definition) is 3. The highest BCUT2D eigenvalue weighted by Crippen LogP contribution is 2.41. The van der Waals surface area contributed by atoms with Crippen LogP contribution in [0.15, 0.2) is 60.7 Å². The van der Waals surface area contributed by atoms with Crippen molar-refractivity contribution in [3.05, 3.63) is 71.8 Å². The van der Waals surface area contributed by atoms with Crippen LogP contribution in [0, 0.1) is 16.7 Å². The Morgan fingerprint density at radius 3 is 2.39 bits per heavy atom. The van der Waals surface area contributed by atoms with Crippen LogP contribution in [0.25, 0.3) is 0 Å². The Balaban J connectivity index is 2.20. The smallest absolute Gasteiger partial charge is 0.412 e. The minimum Gasteiger partial charge on any atom is -0.491 e. The van der Waals surface area contributed by atoms with Gasteiger partial charge in [0.2, 0.25) is 0 Å². The number of carboxylic acids is 1. The molecule has 174 valence electrons. The van der Waals surface area contributed by atoms with Gasteiger partial charge in [-0.05, 0) is 54.8 Å². The van der Waals surface area contributed by atoms with Crippen LogP contribution < -0.4 is 10.1 Å². The van der Waals surface area contributed by atoms with Crippen LogP contribution >= 0.6 is 0 Å². The van der Waals surface area contributed by atoms with E-state index in [1.807, 2.05) is 19.9 Å². The summed E-state index contributed by atoms with van der Waals surface area (Å²) in [6.07, 6.45) is 2.43. The van der Waals surface area contributed by atoms with Crippen molar-refractivity contribution < 1.29 is 29.3 Å². The first-order valence-electron chi connectivity index (χ1n) is 10.5. The monoisotopic (exact) mass is 452 g/mol. The quantitative estimate of drug-likeness (QED) is 0.423. The average Bonchev–Trinajstić information content (AvgIpc) is 2.79. The number of aliphatic hydroxyl groups is 1. The second kappa shape index (κ2) is 12.3. The van der Waals surface area contributed by atoms with Crippen molar-refractivity contribution in [2.24, 2.45) is 5.41 Å². The molecule has 0 saturated heterocycles. The third-order valence-corrected chi connectivity index (χ3v) is 4.95. The third kappa shape index (κ3) is 8.31. The molecule has 2 rings (SSSR count). The number of hydrogen-bond acceptors (Lipinski definition) is 6. The molecule has 2 aromatic carbocycles. The average molecular weight is 453 g/mol. The molecule has 0 bridgehead atoms. The summed E-state index contributed by atoms with van der Waals surface area (Å²) < 4.78 is 11.2. The SMILES string of the molecule is CC(C)(CC/C=C/C(=O)O)[C@@H](OC(=O)Nc1ccc(C#N)cc1)c1ccc(OCCO)cc1. The number of nitriles is 1. The lowest BCUT2D eigenvalue weighted by Gasteiger charge is -2.34. The van der Waals surface area contributed by atoms with Gasteiger partial charge in [-0.3, -0.25) is 5.32 Å². The third-order valence-electron chi connectivity index (χ3n) is 4.95. The summed E-state index contributed by atoms with van der Waals surface area (Å²) in [7, 11) is 0. The largest absolute Gasteiger partial charge is 0.491 e. The van der Waals surface area contributed by atoms with E-state index >= 15 is 0 Å². The Kier molecular flexibility index (Phi) is 9.45. The second-order valence-electron chi connectivity index (χ2n) is 8.01. The number of carbonyl (C=O) groups is 2. The highest BCUT2D eigenvalue weighted by molar-refractivity contribution is 5.84. The van der Waals surface area contributed by atoms with E-state index in [0.29, 0.717) is 29.8 Å². The topological polar surface area (TPSA) is 129 Å². The zero-order valence-corrected chi connectivity index (χ0v) is 18.7. The van der Waals surface area contributed by atoms with Gasteiger partial charge < -0.3 is 19.7 Å². The van der Waals surface area contributed by atoms with Crippen molar-refractivity contribution >= 4 is 17.7 Å². The molecule has 3 N–H and O–H groups in total. The van der Waals surface area contributed by atoms with Gasteiger partial charge >= 0.3 is 12.1 Å². The molecule has 0 aromatic heterocycles. The van der Waals surface area contributed by atoms with Crippen LogP contribution in [0.4, 0.5) is 10.5 Å². The van der Waals surface area contributed by atoms with Crippen molar-refractivity contribution in [1.29, 1.82) is 5.26 Å². The lowest BCUT2D eigenvalue weighted by Crippen LogP contribution is -2.29. The van der Waals surface area contributed by atoms with Crippen LogP contribution in [-0.2, 0) is 9.53 Å². The number of carboxylic acid groups (broad SMARTS) is 1. The predicted molar refractivity (Wildman–Crippen MR) is 123 cm³/mol. The molecule has 8 nitrogen and oxygen atoms in total. The molecule has 0 fully saturated rings. The molecule has 0 unspecified atom stereocenters. The van der Waals surface area contributed by atoms with E-state index in [0.717, 1.165) is 11.6 Å². The van der Waals surface area contributed by atoms with Gasteiger partial charge in [0.15, 0.2) is 0 Å². The summed E-state index contributed by atoms with van der Waals surface area (Å²) in [4.78, 5) is 23.4. The summed E-state index contributed by atoms with van der Waals surface area (Å²) in [5.41, 5.74) is 1.19. The highest BCUT2D eigenvalue weighted by Gasteiger charge is 2.34. The van der Waals surface area contributed by atoms with Gasteiger partial charge in [-0.2, -0.15) is 5.26 Å². The number of anilines is 1. The Labute approximate surface area is 193 Å². The number of nitrogens with one attached hydrogen (secondary N) is 1. The number of rotatable bonds is 11. The van der Waals surface area contributed by atoms with Crippen molar-refractivity contribution in [2.75, 3.05) is 18.5 Å². The summed E-state index contributed by atoms with van der Waals surface area (Å²) in [6, 6.07) is 15.5. The van der Waals surface area contributed by atoms with Gasteiger partial charge in [0.05, 0.1) is 18.2 Å². The van der Waals surface area contributed by atoms with Crippen LogP contribution in [0.1, 0.15) is 43.9 Å². The maximum absolute atomic E-state index is 12.7. The van der Waals surface area contributed by atoms with Crippen molar-refractivity contribution in [2.45, 2.75) is 32.8 Å². The molecule has 8 heteroatoms. The molecule has 0 aliphatic heterocycles. The van der Waals surface area contributed by atoms with Gasteiger partial charge in [0.1, 0.15) is 18.5 Å². The number of nitrogens with zero attached hydrogens (tertiary/aromatic N) is 1. The minimum absolute atomic E-state index is 0.0973. The number of carbonyl (C=O) groups excluding carboxylic acids is 1. The van der Waals surface area contributed by atoms with E-state index < -0.39 is 23.6 Å². The first-order chi connectivity index (χ1) is 15.7. The van der Waals surface area contributed by atoms with Gasteiger partial charge in [-0.25, -0.2) is 9.59 Å². The molecule has 33 heavy (non-hydrogen) atoms. The Bertz CT molecular complexity index is 991. The number of aliphatic carboxylic acids is 1. The molecule has 0 radical (unpaired) electrons. The summed E-state index contributed by atoms with van der Waals surface area (Å²) in [6.45, 7) is 3.96. The standard InChI is InChI=1S/C25H28N2O6/c1-25(2,14-4-3-5-22(29)30)23(19-8-12-21(13-9-19)32-16-15-28)33-24(31)27-20-10-6-18(17-26)7-11-20/h3,5-13,23,28H,4,14-16H2,1-2H3,(H,27,31)(H,29,30)/b5-3+/t23-/m0/s1. The molecule has 1 atom stereocenters. The van der Waals surface area contributed by atoms with E-state index in [-0.39, 0.29) is 13.2 Å². The van der Waals surface area contributed by atoms with E-state index in [1.54, 1.807) is 54.6 Å². The van der Waals surface area contributed by atoms with Gasteiger partial charge in [0.25, 0.3) is 0 Å². The molecule has 0 heterocycles. The molecular formula is C25H28N2O6. The van der Waals surface area contributed by atoms with E-state index in [1.165, 1.54) is 0 Å². The molecule has 1 amide bonds. The van der Waals surface area contributed by atoms with E-state index in [9.17, 15) is 9.59 Å². The Morgan fingerprint density at radius 2 is 1.82 bits per heavy atom. The highest BCUT2D eigenvalue weighted by atomic mass is 16.6. The molecule has 0 aliphatic carbocycles. The summed E-state index contributed by atoms with van der Waals surface area (Å²) >= 11 is 0. The van der Waals surface area contributed by atoms with Crippen molar-refractivity contribution in [3.63, 3.8) is 0 Å². The summed E-state index contributed by atoms with van der Waals surface area (Å²) in [5.74, 6) is -0.434. The van der Waals surface area contributed by atoms with Crippen LogP contribution in [0.3, 0.4) is 0 Å². The van der Waals surface area contributed by atoms with Gasteiger partial charge in [-0.1, -0.05) is 32.1 Å². The summed E-state index contributed by atoms with van der Waals surface area (Å²) in [5, 5.41) is 29.3. The lowest BCUT2D eigenvalue weighted by molar-refractivity contribution is -0.131. The van der Waals surface area contributed by atoms with Gasteiger partial charge in [-0.15, -0.1) is 0 Å². The Hall–Kier alpha value is -3.83. The van der Waals surface area contributed by atoms with Crippen LogP contribution in [0.5, 0.6) is 5.75 Å². The van der Waals surface area contributed by atoms with E-state index in [4.69, 9.17) is 24.9 Å². The minimum atomic E-state index is -1.01. The molecule has 0 saturated carbocycles. The number of allylic oxidation sites excluding steroid dienone is 1. The molecule has 0 spiro atoms. The van der Waals surface area contributed by atoms with Crippen LogP contribution in [0.2, 0.25) is 0 Å². The fourth-order valence-electron chi connectivity index (χ4n) is 3.23. The zero-order chi connectivity index (χ0) is 24.3. The Morgan fingerprint density at radius 1 is 1.15 bits per heavy atom. The normalized spacial score (nSPS) is 12.1. The van der Waals surface area contributed by atoms with Crippen molar-refractivity contribution in [3.8, 4) is 11.8 Å². The number of benzene rings is 2. The molecule has 0 aliphatic rings. The molecular weight excluding hydrogens is 424 g/mol. The zero-order valence-electron chi connectivity index (χ0n) is 18.7. The van der Waals surface area contributed by atoms with Crippen molar-refractivity contribution in [1.82, 2.24) is 0 Å². The van der Waals surface area contributed by atoms with Gasteiger partial charge in [0, 0.05) is 17.2 Å². The van der Waals surface area contributed by atoms with E-state index in [2.05, 4.69) is 5.32 Å². The first kappa shape index (κ1) is 25.4. The number of ether oxygens (including phenoxy) is 2. The number of aliphatic hydroxyl groups excluding tert-OH is 1.